The van der Waals surface area contributed by atoms with Crippen LogP contribution in [-0.2, 0) is 26.2 Å². The molecule has 0 radical (unpaired) electrons. The van der Waals surface area contributed by atoms with Crippen molar-refractivity contribution in [2.75, 3.05) is 23.7 Å². The van der Waals surface area contributed by atoms with Crippen LogP contribution in [0.4, 0.5) is 5.69 Å². The Morgan fingerprint density at radius 2 is 1.71 bits per heavy atom. The number of anilines is 1. The molecule has 186 valence electrons. The van der Waals surface area contributed by atoms with Crippen LogP contribution < -0.4 is 9.62 Å². The predicted octanol–water partition coefficient (Wildman–Crippen LogP) is 4.40. The lowest BCUT2D eigenvalue weighted by molar-refractivity contribution is -0.140. The van der Waals surface area contributed by atoms with Gasteiger partial charge >= 0.3 is 0 Å². The average molecular weight is 529 g/mol. The molecule has 1 atom stereocenters. The molecule has 2 rings (SSSR count). The quantitative estimate of drug-likeness (QED) is 0.469. The van der Waals surface area contributed by atoms with Crippen LogP contribution in [0.5, 0.6) is 0 Å². The van der Waals surface area contributed by atoms with Crippen LogP contribution in [0, 0.1) is 6.92 Å². The molecule has 2 aromatic rings. The van der Waals surface area contributed by atoms with Gasteiger partial charge in [0.15, 0.2) is 0 Å². The third kappa shape index (κ3) is 7.89. The van der Waals surface area contributed by atoms with E-state index in [4.69, 9.17) is 23.2 Å². The van der Waals surface area contributed by atoms with E-state index in [-0.39, 0.29) is 28.2 Å². The van der Waals surface area contributed by atoms with Gasteiger partial charge in [0.05, 0.1) is 11.9 Å². The van der Waals surface area contributed by atoms with E-state index in [1.165, 1.54) is 23.1 Å². The smallest absolute Gasteiger partial charge is 0.244 e. The Hall–Kier alpha value is -2.29. The molecule has 34 heavy (non-hydrogen) atoms. The fourth-order valence-electron chi connectivity index (χ4n) is 3.59. The zero-order chi connectivity index (χ0) is 25.5. The van der Waals surface area contributed by atoms with Crippen LogP contribution in [0.15, 0.2) is 42.5 Å². The lowest BCUT2D eigenvalue weighted by Crippen LogP contribution is -2.52. The minimum atomic E-state index is -3.86. The molecule has 2 aromatic carbocycles. The van der Waals surface area contributed by atoms with Crippen molar-refractivity contribution >= 4 is 50.7 Å². The number of halogens is 2. The number of hydrogen-bond donors (Lipinski definition) is 1. The number of aryl methyl sites for hydroxylation is 1. The van der Waals surface area contributed by atoms with E-state index < -0.39 is 28.5 Å². The zero-order valence-electron chi connectivity index (χ0n) is 19.8. The van der Waals surface area contributed by atoms with Gasteiger partial charge in [-0.2, -0.15) is 0 Å². The molecule has 2 amide bonds. The van der Waals surface area contributed by atoms with Crippen LogP contribution in [-0.4, -0.2) is 50.5 Å². The minimum Gasteiger partial charge on any atom is -0.354 e. The Morgan fingerprint density at radius 1 is 1.06 bits per heavy atom. The second-order valence-corrected chi connectivity index (χ2v) is 10.9. The fourth-order valence-corrected chi connectivity index (χ4v) is 4.94. The van der Waals surface area contributed by atoms with E-state index in [0.717, 1.165) is 28.1 Å². The minimum absolute atomic E-state index is 0.159. The van der Waals surface area contributed by atoms with Crippen molar-refractivity contribution in [3.8, 4) is 0 Å². The van der Waals surface area contributed by atoms with Crippen LogP contribution in [0.2, 0.25) is 10.0 Å². The highest BCUT2D eigenvalue weighted by atomic mass is 35.5. The summed E-state index contributed by atoms with van der Waals surface area (Å²) in [5.74, 6) is -0.788. The molecule has 0 fully saturated rings. The normalized spacial score (nSPS) is 12.2. The largest absolute Gasteiger partial charge is 0.354 e. The number of benzene rings is 2. The molecule has 10 heteroatoms. The Kier molecular flexibility index (Phi) is 10.2. The summed E-state index contributed by atoms with van der Waals surface area (Å²) in [5, 5.41) is 3.33. The summed E-state index contributed by atoms with van der Waals surface area (Å²) in [6, 6.07) is 11.2. The molecular formula is C24H31Cl2N3O4S. The Labute approximate surface area is 212 Å². The van der Waals surface area contributed by atoms with Crippen molar-refractivity contribution in [1.82, 2.24) is 10.2 Å². The first-order chi connectivity index (χ1) is 16.0. The predicted molar refractivity (Wildman–Crippen MR) is 138 cm³/mol. The van der Waals surface area contributed by atoms with Gasteiger partial charge in [-0.25, -0.2) is 8.42 Å². The Morgan fingerprint density at radius 3 is 2.24 bits per heavy atom. The third-order valence-electron chi connectivity index (χ3n) is 5.19. The summed E-state index contributed by atoms with van der Waals surface area (Å²) in [6.07, 6.45) is 2.13. The van der Waals surface area contributed by atoms with E-state index in [2.05, 4.69) is 5.32 Å². The maximum atomic E-state index is 13.6. The molecule has 0 aliphatic rings. The molecule has 0 saturated carbocycles. The van der Waals surface area contributed by atoms with Gasteiger partial charge in [-0.05, 0) is 43.5 Å². The lowest BCUT2D eigenvalue weighted by Gasteiger charge is -2.33. The van der Waals surface area contributed by atoms with Crippen LogP contribution in [0.1, 0.15) is 37.8 Å². The molecule has 0 heterocycles. The summed E-state index contributed by atoms with van der Waals surface area (Å²) in [7, 11) is -3.86. The summed E-state index contributed by atoms with van der Waals surface area (Å²) < 4.78 is 26.2. The number of nitrogens with one attached hydrogen (secondary N) is 1. The van der Waals surface area contributed by atoms with Crippen molar-refractivity contribution in [3.05, 3.63) is 63.6 Å². The molecule has 0 saturated heterocycles. The fraction of sp³-hybridized carbons (Fsp3) is 0.417. The monoisotopic (exact) mass is 527 g/mol. The van der Waals surface area contributed by atoms with Crippen LogP contribution in [0.3, 0.4) is 0 Å². The molecule has 0 unspecified atom stereocenters. The molecule has 0 aromatic heterocycles. The highest BCUT2D eigenvalue weighted by Crippen LogP contribution is 2.27. The Balaban J connectivity index is 2.45. The van der Waals surface area contributed by atoms with Crippen molar-refractivity contribution in [3.63, 3.8) is 0 Å². The van der Waals surface area contributed by atoms with Crippen molar-refractivity contribution in [2.45, 2.75) is 46.2 Å². The summed E-state index contributed by atoms with van der Waals surface area (Å²) in [6.45, 7) is 5.84. The van der Waals surface area contributed by atoms with E-state index >= 15 is 0 Å². The van der Waals surface area contributed by atoms with Gasteiger partial charge in [-0.15, -0.1) is 0 Å². The van der Waals surface area contributed by atoms with Crippen molar-refractivity contribution < 1.29 is 18.0 Å². The van der Waals surface area contributed by atoms with E-state index in [0.29, 0.717) is 13.0 Å². The topological polar surface area (TPSA) is 86.8 Å². The number of nitrogens with zero attached hydrogens (tertiary/aromatic N) is 2. The number of carbonyl (C=O) groups excluding carboxylic acids is 2. The number of amides is 2. The van der Waals surface area contributed by atoms with Gasteiger partial charge in [-0.1, -0.05) is 66.9 Å². The van der Waals surface area contributed by atoms with Crippen LogP contribution >= 0.6 is 23.2 Å². The molecule has 7 nitrogen and oxygen atoms in total. The number of sulfonamides is 1. The van der Waals surface area contributed by atoms with E-state index in [1.807, 2.05) is 45.0 Å². The zero-order valence-corrected chi connectivity index (χ0v) is 22.2. The first-order valence-corrected chi connectivity index (χ1v) is 13.6. The van der Waals surface area contributed by atoms with Crippen molar-refractivity contribution in [1.29, 1.82) is 0 Å². The van der Waals surface area contributed by atoms with Gasteiger partial charge in [0, 0.05) is 23.1 Å². The third-order valence-corrected chi connectivity index (χ3v) is 6.76. The summed E-state index contributed by atoms with van der Waals surface area (Å²) in [4.78, 5) is 27.9. The highest BCUT2D eigenvalue weighted by molar-refractivity contribution is 7.92. The molecule has 0 aliphatic carbocycles. The maximum Gasteiger partial charge on any atom is 0.244 e. The SMILES string of the molecule is CCCNC(=O)[C@H](CC)N(Cc1cccc(C)c1)C(=O)CN(c1cc(Cl)cc(Cl)c1)S(C)(=O)=O. The second-order valence-electron chi connectivity index (χ2n) is 8.12. The lowest BCUT2D eigenvalue weighted by atomic mass is 10.1. The van der Waals surface area contributed by atoms with Gasteiger partial charge in [0.2, 0.25) is 21.8 Å². The van der Waals surface area contributed by atoms with E-state index in [9.17, 15) is 18.0 Å². The number of carbonyl (C=O) groups is 2. The molecule has 0 aliphatic heterocycles. The van der Waals surface area contributed by atoms with Gasteiger partial charge in [-0.3, -0.25) is 13.9 Å². The van der Waals surface area contributed by atoms with Gasteiger partial charge in [0.25, 0.3) is 0 Å². The first kappa shape index (κ1) is 28.0. The highest BCUT2D eigenvalue weighted by Gasteiger charge is 2.31. The van der Waals surface area contributed by atoms with Crippen molar-refractivity contribution in [2.24, 2.45) is 0 Å². The first-order valence-electron chi connectivity index (χ1n) is 11.0. The second kappa shape index (κ2) is 12.4. The molecular weight excluding hydrogens is 497 g/mol. The molecule has 0 bridgehead atoms. The summed E-state index contributed by atoms with van der Waals surface area (Å²) >= 11 is 12.1. The van der Waals surface area contributed by atoms with E-state index in [1.54, 1.807) is 0 Å². The maximum absolute atomic E-state index is 13.6. The van der Waals surface area contributed by atoms with Crippen LogP contribution in [0.25, 0.3) is 0 Å². The standard InChI is InChI=1S/C24H31Cl2N3O4S/c1-5-10-27-24(31)22(6-2)28(15-18-9-7-8-17(3)11-18)23(30)16-29(34(4,32)33)21-13-19(25)12-20(26)14-21/h7-9,11-14,22H,5-6,10,15-16H2,1-4H3,(H,27,31)/t22-/m0/s1. The summed E-state index contributed by atoms with van der Waals surface area (Å²) in [5.41, 5.74) is 2.03. The molecule has 0 spiro atoms. The number of hydrogen-bond acceptors (Lipinski definition) is 4. The van der Waals surface area contributed by atoms with Gasteiger partial charge < -0.3 is 10.2 Å². The average Bonchev–Trinajstić information content (AvgIpc) is 2.74. The Bertz CT molecular complexity index is 1100. The molecule has 1 N–H and O–H groups in total. The van der Waals surface area contributed by atoms with Gasteiger partial charge in [0.1, 0.15) is 12.6 Å². The number of rotatable bonds is 11.